The van der Waals surface area contributed by atoms with Gasteiger partial charge in [-0.05, 0) is 70.6 Å². The molecule has 14 N–H and O–H groups in total. The van der Waals surface area contributed by atoms with Crippen molar-refractivity contribution in [1.82, 2.24) is 24.8 Å². The highest BCUT2D eigenvalue weighted by Gasteiger charge is 2.66. The van der Waals surface area contributed by atoms with E-state index in [1.54, 1.807) is 59.1 Å². The first kappa shape index (κ1) is 61.2. The number of fused-ring (bicyclic) bond motifs is 7. The van der Waals surface area contributed by atoms with Crippen LogP contribution in [0.3, 0.4) is 0 Å². The Morgan fingerprint density at radius 3 is 1.85 bits per heavy atom. The van der Waals surface area contributed by atoms with Crippen LogP contribution in [0.1, 0.15) is 139 Å². The SMILES string of the molecule is CC1=C2N=C(C=C3NC(=C(C)C4=N[C@@](C)([C@@H]5N=C1[C@](C)(CCC(=O)O)[C@H]5CC(=O)O)[C@@](C)(CC(N)=O)[C@@H]4CCC(=O)O)[C@@](C)(CC(N)=O)[C@@H]3CCC(=O)O)C(C)(C)[C@@H]2CCC(=O)O.C[C@H]1O[C@@H](n2cnc3c(N)ncnc32)[C@H](O)[C@@H]1O. The number of aliphatic carboxylic acids is 5. The minimum absolute atomic E-state index is 0.0433. The lowest BCUT2D eigenvalue weighted by Crippen LogP contribution is -2.55. The Bertz CT molecular complexity index is 3140. The van der Waals surface area contributed by atoms with Crippen LogP contribution >= 0.6 is 0 Å². The highest BCUT2D eigenvalue weighted by atomic mass is 16.6. The number of nitrogens with one attached hydrogen (secondary N) is 1. The Labute approximate surface area is 466 Å². The van der Waals surface area contributed by atoms with Crippen molar-refractivity contribution in [1.29, 1.82) is 0 Å². The molecule has 8 bridgehead atoms. The molecule has 26 nitrogen and oxygen atoms in total. The maximum Gasteiger partial charge on any atom is 0.303 e. The van der Waals surface area contributed by atoms with Gasteiger partial charge in [0, 0.05) is 118 Å². The van der Waals surface area contributed by atoms with E-state index in [0.717, 1.165) is 0 Å². The van der Waals surface area contributed by atoms with E-state index in [2.05, 4.69) is 20.3 Å². The van der Waals surface area contributed by atoms with Crippen LogP contribution in [-0.2, 0) is 38.3 Å². The average Bonchev–Trinajstić information content (AvgIpc) is 3.35. The molecule has 8 heterocycles. The normalized spacial score (nSPS) is 32.9. The number of anilines is 1. The third-order valence-electron chi connectivity index (χ3n) is 18.5. The van der Waals surface area contributed by atoms with Gasteiger partial charge in [0.2, 0.25) is 11.8 Å². The first-order chi connectivity index (χ1) is 37.6. The van der Waals surface area contributed by atoms with E-state index in [1.165, 1.54) is 12.7 Å². The molecule has 0 saturated carbocycles. The van der Waals surface area contributed by atoms with E-state index in [4.69, 9.17) is 36.9 Å². The molecule has 6 aliphatic heterocycles. The maximum atomic E-state index is 13.3. The maximum absolute atomic E-state index is 13.3. The predicted molar refractivity (Wildman–Crippen MR) is 292 cm³/mol. The fourth-order valence-electron chi connectivity index (χ4n) is 14.0. The van der Waals surface area contributed by atoms with E-state index in [0.29, 0.717) is 56.5 Å². The number of aliphatic imine (C=N–C) groups is 3. The second-order valence-electron chi connectivity index (χ2n) is 23.9. The van der Waals surface area contributed by atoms with Gasteiger partial charge < -0.3 is 63.0 Å². The number of aliphatic hydroxyl groups is 2. The highest BCUT2D eigenvalue weighted by Crippen LogP contribution is 2.62. The average molecular weight is 1130 g/mol. The number of primary amides is 2. The second-order valence-corrected chi connectivity index (χ2v) is 23.9. The van der Waals surface area contributed by atoms with Crippen molar-refractivity contribution in [2.75, 3.05) is 5.73 Å². The molecule has 2 fully saturated rings. The Morgan fingerprint density at radius 2 is 1.31 bits per heavy atom. The molecule has 6 aliphatic rings. The number of carbonyl (C=O) groups excluding carboxylic acids is 2. The van der Waals surface area contributed by atoms with E-state index < -0.39 is 130 Å². The molecule has 2 aromatic rings. The quantitative estimate of drug-likeness (QED) is 0.0953. The number of carbonyl (C=O) groups is 7. The predicted octanol–water partition coefficient (Wildman–Crippen LogP) is 3.77. The van der Waals surface area contributed by atoms with Crippen molar-refractivity contribution in [3.63, 3.8) is 0 Å². The van der Waals surface area contributed by atoms with Crippen LogP contribution in [0.4, 0.5) is 5.82 Å². The molecular weight excluding hydrogens is 1050 g/mol. The van der Waals surface area contributed by atoms with Crippen LogP contribution in [-0.4, -0.2) is 144 Å². The molecule has 0 radical (unpaired) electrons. The number of carboxylic acids is 5. The number of nitrogen functional groups attached to an aromatic ring is 1. The number of carboxylic acid groups (broad SMARTS) is 5. The van der Waals surface area contributed by atoms with E-state index in [9.17, 15) is 69.3 Å². The molecule has 13 atom stereocenters. The number of hydrogen-bond acceptors (Lipinski definition) is 18. The molecule has 26 heteroatoms. The van der Waals surface area contributed by atoms with E-state index in [-0.39, 0.29) is 70.0 Å². The van der Waals surface area contributed by atoms with Crippen LogP contribution < -0.4 is 22.5 Å². The summed E-state index contributed by atoms with van der Waals surface area (Å²) in [5.74, 6) is -9.75. The summed E-state index contributed by atoms with van der Waals surface area (Å²) < 4.78 is 7.05. The standard InChI is InChI=1S/C45H62N6O12.C10H13N5O3/c1-21-36-24(10-13-32(56)57)41(3,4)28(49-36)18-27-23(9-12-31(54)55)43(6,19-29(46)52)39(48-27)22(2)37-25(11-14-33(58)59)44(7,20-30(47)53)45(8,51-37)40-26(17-35(62)63)42(5,38(21)50-40)16-15-34(60)61;1-4-6(16)7(17)10(18-4)15-3-14-5-8(11)12-2-13-9(5)15/h18,23-26,40,48H,9-17,19-20H2,1-8H3,(H2,46,52)(H2,47,53)(H,54,55)(H,56,57)(H,58,59)(H,60,61)(H,62,63);2-4,6-7,10,16-17H,1H3,(H2,11,12,13)/t23-,24-,25-,26+,40-,42-,43+,44+,45+;4-,6-,7-,10-/m11/s1. The Kier molecular flexibility index (Phi) is 17.0. The summed E-state index contributed by atoms with van der Waals surface area (Å²) in [5, 5.41) is 73.8. The lowest BCUT2D eigenvalue weighted by atomic mass is 9.55. The smallest absolute Gasteiger partial charge is 0.303 e. The third-order valence-corrected chi connectivity index (χ3v) is 18.5. The van der Waals surface area contributed by atoms with Gasteiger partial charge >= 0.3 is 29.8 Å². The fourth-order valence-corrected chi connectivity index (χ4v) is 14.0. The van der Waals surface area contributed by atoms with Gasteiger partial charge in [0.25, 0.3) is 0 Å². The molecule has 440 valence electrons. The molecule has 2 amide bonds. The Balaban J connectivity index is 0.000000439. The number of ether oxygens (including phenoxy) is 1. The van der Waals surface area contributed by atoms with Crippen LogP contribution in [0.25, 0.3) is 11.2 Å². The summed E-state index contributed by atoms with van der Waals surface area (Å²) in [6, 6.07) is -1.07. The number of allylic oxidation sites excluding steroid dienone is 6. The zero-order valence-electron chi connectivity index (χ0n) is 47.0. The van der Waals surface area contributed by atoms with Gasteiger partial charge in [0.15, 0.2) is 17.7 Å². The topological polar surface area (TPSA) is 441 Å². The molecule has 0 spiro atoms. The summed E-state index contributed by atoms with van der Waals surface area (Å²) in [4.78, 5) is 116. The summed E-state index contributed by atoms with van der Waals surface area (Å²) in [7, 11) is 0. The first-order valence-corrected chi connectivity index (χ1v) is 26.9. The van der Waals surface area contributed by atoms with Crippen LogP contribution in [0, 0.1) is 45.3 Å². The van der Waals surface area contributed by atoms with Crippen molar-refractivity contribution in [2.24, 2.45) is 71.8 Å². The summed E-state index contributed by atoms with van der Waals surface area (Å²) in [5.41, 5.74) is 16.0. The van der Waals surface area contributed by atoms with Gasteiger partial charge in [0.05, 0.1) is 30.4 Å². The zero-order chi connectivity index (χ0) is 60.2. The second kappa shape index (κ2) is 22.5. The third kappa shape index (κ3) is 11.1. The summed E-state index contributed by atoms with van der Waals surface area (Å²) >= 11 is 0. The largest absolute Gasteiger partial charge is 0.481 e. The number of rotatable bonds is 19. The molecule has 0 aromatic carbocycles. The van der Waals surface area contributed by atoms with Crippen LogP contribution in [0.2, 0.25) is 0 Å². The van der Waals surface area contributed by atoms with Crippen LogP contribution in [0.15, 0.2) is 61.9 Å². The number of imidazole rings is 1. The minimum atomic E-state index is -1.52. The van der Waals surface area contributed by atoms with Gasteiger partial charge in [-0.3, -0.25) is 53.1 Å². The van der Waals surface area contributed by atoms with Crippen molar-refractivity contribution in [3.05, 3.63) is 47.0 Å². The van der Waals surface area contributed by atoms with E-state index >= 15 is 0 Å². The number of nitrogens with two attached hydrogens (primary N) is 3. The molecule has 0 aliphatic carbocycles. The van der Waals surface area contributed by atoms with Gasteiger partial charge in [0.1, 0.15) is 24.1 Å². The van der Waals surface area contributed by atoms with E-state index in [1.807, 2.05) is 13.8 Å². The number of amides is 2. The van der Waals surface area contributed by atoms with Crippen molar-refractivity contribution in [3.8, 4) is 0 Å². The number of nitrogens with zero attached hydrogens (tertiary/aromatic N) is 7. The molecule has 81 heavy (non-hydrogen) atoms. The highest BCUT2D eigenvalue weighted by molar-refractivity contribution is 6.10. The summed E-state index contributed by atoms with van der Waals surface area (Å²) in [6.07, 6.45) is -0.843. The van der Waals surface area contributed by atoms with Gasteiger partial charge in [-0.2, -0.15) is 0 Å². The number of aliphatic hydroxyl groups excluding tert-OH is 2. The van der Waals surface area contributed by atoms with Gasteiger partial charge in [-0.1, -0.05) is 34.6 Å². The number of aromatic nitrogens is 4. The van der Waals surface area contributed by atoms with Crippen LogP contribution in [0.5, 0.6) is 0 Å². The first-order valence-electron chi connectivity index (χ1n) is 26.9. The van der Waals surface area contributed by atoms with Gasteiger partial charge in [-0.15, -0.1) is 0 Å². The number of hydrogen-bond donors (Lipinski definition) is 11. The lowest BCUT2D eigenvalue weighted by molar-refractivity contribution is -0.140. The van der Waals surface area contributed by atoms with Crippen molar-refractivity contribution in [2.45, 2.75) is 169 Å². The van der Waals surface area contributed by atoms with Gasteiger partial charge in [-0.25, -0.2) is 15.0 Å². The summed E-state index contributed by atoms with van der Waals surface area (Å²) in [6.45, 7) is 16.1. The monoisotopic (exact) mass is 1130 g/mol. The van der Waals surface area contributed by atoms with Crippen molar-refractivity contribution >= 4 is 75.8 Å². The fraction of sp³-hybridized carbons (Fsp3) is 0.618. The molecular formula is C55H75N11O15. The molecule has 8 rings (SSSR count). The Hall–Kier alpha value is -7.45. The lowest BCUT2D eigenvalue weighted by Gasteiger charge is -2.48. The minimum Gasteiger partial charge on any atom is -0.481 e. The Morgan fingerprint density at radius 1 is 0.728 bits per heavy atom. The molecule has 0 unspecified atom stereocenters. The zero-order valence-corrected chi connectivity index (χ0v) is 47.0. The molecule has 2 saturated heterocycles. The molecule has 2 aromatic heterocycles. The van der Waals surface area contributed by atoms with Crippen molar-refractivity contribution < 1.29 is 74.0 Å².